The van der Waals surface area contributed by atoms with Gasteiger partial charge in [0, 0.05) is 22.6 Å². The van der Waals surface area contributed by atoms with Gasteiger partial charge in [-0.3, -0.25) is 24.0 Å². The lowest BCUT2D eigenvalue weighted by Crippen LogP contribution is -2.36. The third-order valence-electron chi connectivity index (χ3n) is 9.27. The fraction of sp³-hybridized carbons (Fsp3) is 0.333. The van der Waals surface area contributed by atoms with E-state index in [0.717, 1.165) is 5.56 Å². The Bertz CT molecular complexity index is 2480. The average Bonchev–Trinajstić information content (AvgIpc) is 3.23. The average molecular weight is 999 g/mol. The highest BCUT2D eigenvalue weighted by Crippen LogP contribution is 2.47. The Morgan fingerprint density at radius 1 is 0.651 bits per heavy atom. The molecule has 1 aliphatic heterocycles. The molecule has 0 fully saturated rings. The molecule has 3 aromatic carbocycles. The van der Waals surface area contributed by atoms with Crippen LogP contribution in [0.5, 0.6) is 11.5 Å². The molecule has 1 aliphatic carbocycles. The van der Waals surface area contributed by atoms with Gasteiger partial charge in [-0.2, -0.15) is 0 Å². The molecule has 0 bridgehead atoms. The van der Waals surface area contributed by atoms with Crippen molar-refractivity contribution < 1.29 is 61.9 Å². The Morgan fingerprint density at radius 3 is 1.68 bits per heavy atom. The van der Waals surface area contributed by atoms with Gasteiger partial charge < -0.3 is 47.7 Å². The molecular formula is C45H46Br2N2O14. The van der Waals surface area contributed by atoms with Gasteiger partial charge in [0.25, 0.3) is 0 Å². The van der Waals surface area contributed by atoms with E-state index in [2.05, 4.69) is 31.9 Å². The second-order valence-corrected chi connectivity index (χ2v) is 15.3. The number of anilines is 2. The molecule has 0 radical (unpaired) electrons. The lowest BCUT2D eigenvalue weighted by Gasteiger charge is -2.27. The highest BCUT2D eigenvalue weighted by Gasteiger charge is 2.29. The van der Waals surface area contributed by atoms with E-state index in [9.17, 15) is 33.9 Å². The van der Waals surface area contributed by atoms with Crippen molar-refractivity contribution in [2.45, 2.75) is 34.6 Å². The number of nitrogens with zero attached hydrogens (tertiary/aromatic N) is 2. The summed E-state index contributed by atoms with van der Waals surface area (Å²) in [7, 11) is 0. The molecule has 0 unspecified atom stereocenters. The van der Waals surface area contributed by atoms with Gasteiger partial charge in [-0.1, -0.05) is 24.3 Å². The minimum Gasteiger partial charge on any atom is -0.488 e. The summed E-state index contributed by atoms with van der Waals surface area (Å²) in [5.41, 5.74) is 2.17. The lowest BCUT2D eigenvalue weighted by atomic mass is 9.90. The van der Waals surface area contributed by atoms with Crippen LogP contribution in [-0.4, -0.2) is 101 Å². The van der Waals surface area contributed by atoms with Crippen LogP contribution < -0.4 is 24.7 Å². The summed E-state index contributed by atoms with van der Waals surface area (Å²) >= 11 is 6.71. The number of carbonyl (C=O) groups excluding carboxylic acids is 4. The van der Waals surface area contributed by atoms with Gasteiger partial charge in [0.1, 0.15) is 60.9 Å². The molecule has 0 saturated heterocycles. The van der Waals surface area contributed by atoms with E-state index in [1.54, 1.807) is 76.2 Å². The molecule has 3 aromatic rings. The van der Waals surface area contributed by atoms with Crippen molar-refractivity contribution >= 4 is 84.1 Å². The van der Waals surface area contributed by atoms with E-state index in [1.807, 2.05) is 6.92 Å². The van der Waals surface area contributed by atoms with Gasteiger partial charge in [-0.25, -0.2) is 4.79 Å². The standard InChI is InChI=1S/C45H46Br2N2O14/c1-6-57-37(50)22-48(23-38(51)58-7-2)32-15-14-26(5)18-35(32)61-16-17-62-36-20-29-34(21-33(36)49(24-39(52)59-8-3)25-40(53)60-9-4)63-44-30(19-31(46)43(54)42(44)47)41(29)27-12-10-11-13-28(27)45(55)56/h10-15,18-21H,6-9,16-17,22-25H2,1-5H3,(H,55,56). The fourth-order valence-electron chi connectivity index (χ4n) is 6.70. The molecule has 2 aliphatic rings. The molecule has 63 heavy (non-hydrogen) atoms. The smallest absolute Gasteiger partial charge is 0.336 e. The number of hydrogen-bond donors (Lipinski definition) is 1. The summed E-state index contributed by atoms with van der Waals surface area (Å²) in [6.07, 6.45) is 0. The quantitative estimate of drug-likeness (QED) is 0.0330. The van der Waals surface area contributed by atoms with Crippen molar-refractivity contribution in [2.75, 3.05) is 75.6 Å². The maximum absolute atomic E-state index is 13.2. The summed E-state index contributed by atoms with van der Waals surface area (Å²) in [6.45, 7) is 7.29. The highest BCUT2D eigenvalue weighted by atomic mass is 79.9. The van der Waals surface area contributed by atoms with Crippen LogP contribution in [0.2, 0.25) is 0 Å². The van der Waals surface area contributed by atoms with Gasteiger partial charge >= 0.3 is 29.8 Å². The monoisotopic (exact) mass is 996 g/mol. The van der Waals surface area contributed by atoms with Crippen LogP contribution in [0.25, 0.3) is 33.4 Å². The number of fused-ring (bicyclic) bond motifs is 2. The Balaban J connectivity index is 1.67. The van der Waals surface area contributed by atoms with Crippen LogP contribution in [0, 0.1) is 6.92 Å². The number of carboxylic acid groups (broad SMARTS) is 1. The maximum atomic E-state index is 13.2. The zero-order chi connectivity index (χ0) is 45.8. The van der Waals surface area contributed by atoms with Crippen LogP contribution in [0.1, 0.15) is 43.6 Å². The van der Waals surface area contributed by atoms with Crippen LogP contribution in [0.3, 0.4) is 0 Å². The molecule has 0 amide bonds. The lowest BCUT2D eigenvalue weighted by molar-refractivity contribution is -0.144. The van der Waals surface area contributed by atoms with Crippen molar-refractivity contribution in [2.24, 2.45) is 0 Å². The Hall–Kier alpha value is -6.14. The first-order valence-electron chi connectivity index (χ1n) is 19.9. The minimum atomic E-state index is -1.20. The van der Waals surface area contributed by atoms with Crippen molar-refractivity contribution in [3.63, 3.8) is 0 Å². The van der Waals surface area contributed by atoms with E-state index in [4.69, 9.17) is 32.8 Å². The number of aryl methyl sites for hydroxylation is 1. The van der Waals surface area contributed by atoms with Gasteiger partial charge in [-0.05, 0) is 108 Å². The molecule has 5 rings (SSSR count). The third-order valence-corrected chi connectivity index (χ3v) is 10.6. The Kier molecular flexibility index (Phi) is 16.9. The van der Waals surface area contributed by atoms with E-state index in [-0.39, 0.29) is 90.0 Å². The van der Waals surface area contributed by atoms with Crippen molar-refractivity contribution in [3.05, 3.63) is 91.0 Å². The van der Waals surface area contributed by atoms with E-state index >= 15 is 0 Å². The molecule has 0 aromatic heterocycles. The second kappa shape index (κ2) is 22.3. The SMILES string of the molecule is CCOC(=O)CN(CC(=O)OCC)c1ccc(C)cc1OCCOc1cc2c(-c3ccccc3C(=O)O)c3cc(Br)c(=O)c(Br)c-3oc2cc1N(CC(=O)OCC)CC(=O)OCC. The first-order valence-corrected chi connectivity index (χ1v) is 21.5. The molecule has 0 saturated carbocycles. The maximum Gasteiger partial charge on any atom is 0.336 e. The van der Waals surface area contributed by atoms with Crippen LogP contribution in [-0.2, 0) is 38.1 Å². The highest BCUT2D eigenvalue weighted by molar-refractivity contribution is 9.11. The molecule has 334 valence electrons. The predicted molar refractivity (Wildman–Crippen MR) is 240 cm³/mol. The number of carbonyl (C=O) groups is 5. The molecular weight excluding hydrogens is 952 g/mol. The number of ether oxygens (including phenoxy) is 6. The Morgan fingerprint density at radius 2 is 1.16 bits per heavy atom. The molecule has 1 N–H and O–H groups in total. The van der Waals surface area contributed by atoms with Crippen molar-refractivity contribution in [3.8, 4) is 33.9 Å². The second-order valence-electron chi connectivity index (χ2n) is 13.6. The normalized spacial score (nSPS) is 10.9. The summed E-state index contributed by atoms with van der Waals surface area (Å²) in [5, 5.41) is 10.7. The number of halogens is 2. The number of benzene rings is 4. The largest absolute Gasteiger partial charge is 0.488 e. The zero-order valence-corrected chi connectivity index (χ0v) is 38.4. The summed E-state index contributed by atoms with van der Waals surface area (Å²) in [4.78, 5) is 80.1. The van der Waals surface area contributed by atoms with E-state index in [0.29, 0.717) is 33.5 Å². The van der Waals surface area contributed by atoms with E-state index in [1.165, 1.54) is 21.9 Å². The van der Waals surface area contributed by atoms with Crippen LogP contribution >= 0.6 is 31.9 Å². The first-order chi connectivity index (χ1) is 30.2. The Labute approximate surface area is 379 Å². The van der Waals surface area contributed by atoms with Crippen LogP contribution in [0.15, 0.2) is 78.8 Å². The van der Waals surface area contributed by atoms with Crippen LogP contribution in [0.4, 0.5) is 11.4 Å². The van der Waals surface area contributed by atoms with Gasteiger partial charge in [0.05, 0.1) is 47.8 Å². The van der Waals surface area contributed by atoms with Gasteiger partial charge in [0.2, 0.25) is 5.43 Å². The van der Waals surface area contributed by atoms with Gasteiger partial charge in [-0.15, -0.1) is 0 Å². The molecule has 18 heteroatoms. The topological polar surface area (TPSA) is 198 Å². The number of rotatable bonds is 21. The number of esters is 4. The molecule has 1 heterocycles. The molecule has 16 nitrogen and oxygen atoms in total. The van der Waals surface area contributed by atoms with Crippen molar-refractivity contribution in [1.82, 2.24) is 0 Å². The fourth-order valence-corrected chi connectivity index (χ4v) is 7.90. The number of aromatic carboxylic acids is 1. The summed E-state index contributed by atoms with van der Waals surface area (Å²) < 4.78 is 40.2. The molecule has 0 spiro atoms. The van der Waals surface area contributed by atoms with Crippen molar-refractivity contribution in [1.29, 1.82) is 0 Å². The zero-order valence-electron chi connectivity index (χ0n) is 35.2. The third kappa shape index (κ3) is 11.9. The van der Waals surface area contributed by atoms with E-state index < -0.39 is 48.4 Å². The number of carboxylic acids is 1. The summed E-state index contributed by atoms with van der Waals surface area (Å²) in [6, 6.07) is 16.3. The predicted octanol–water partition coefficient (Wildman–Crippen LogP) is 7.42. The van der Waals surface area contributed by atoms with Gasteiger partial charge in [0.15, 0.2) is 5.76 Å². The first kappa shape index (κ1) is 47.9. The summed E-state index contributed by atoms with van der Waals surface area (Å²) in [5.74, 6) is -3.09. The molecule has 0 atom stereocenters. The minimum absolute atomic E-state index is 0.0372. The number of hydrogen-bond acceptors (Lipinski definition) is 15.